The highest BCUT2D eigenvalue weighted by atomic mass is 35.5. The van der Waals surface area contributed by atoms with E-state index in [4.69, 9.17) is 16.7 Å². The number of aryl methyl sites for hydroxylation is 1. The maximum absolute atomic E-state index is 11.6. The van der Waals surface area contributed by atoms with Crippen LogP contribution in [0.4, 0.5) is 0 Å². The Morgan fingerprint density at radius 3 is 2.75 bits per heavy atom. The van der Waals surface area contributed by atoms with Gasteiger partial charge in [0.05, 0.1) is 10.5 Å². The molecule has 0 amide bonds. The van der Waals surface area contributed by atoms with Gasteiger partial charge in [0.1, 0.15) is 5.56 Å². The van der Waals surface area contributed by atoms with Crippen LogP contribution in [0.25, 0.3) is 10.9 Å². The molecule has 2 aromatic rings. The molecule has 2 N–H and O–H groups in total. The van der Waals surface area contributed by atoms with E-state index in [-0.39, 0.29) is 5.56 Å². The number of H-pyrrole nitrogens is 1. The first kappa shape index (κ1) is 10.7. The zero-order valence-electron chi connectivity index (χ0n) is 8.37. The number of para-hydroxylation sites is 1. The van der Waals surface area contributed by atoms with E-state index in [1.54, 1.807) is 25.1 Å². The van der Waals surface area contributed by atoms with Crippen molar-refractivity contribution in [2.75, 3.05) is 0 Å². The fourth-order valence-corrected chi connectivity index (χ4v) is 1.92. The second-order valence-corrected chi connectivity index (χ2v) is 3.83. The normalized spacial score (nSPS) is 10.6. The van der Waals surface area contributed by atoms with Gasteiger partial charge in [0.15, 0.2) is 0 Å². The van der Waals surface area contributed by atoms with Gasteiger partial charge >= 0.3 is 5.97 Å². The summed E-state index contributed by atoms with van der Waals surface area (Å²) in [5.74, 6) is -1.24. The van der Waals surface area contributed by atoms with Crippen molar-refractivity contribution >= 4 is 28.5 Å². The Kier molecular flexibility index (Phi) is 2.44. The van der Waals surface area contributed by atoms with Crippen LogP contribution in [0, 0.1) is 6.92 Å². The number of hydrogen-bond donors (Lipinski definition) is 2. The third-order valence-electron chi connectivity index (χ3n) is 2.47. The van der Waals surface area contributed by atoms with Crippen molar-refractivity contribution in [1.29, 1.82) is 0 Å². The van der Waals surface area contributed by atoms with Gasteiger partial charge in [0, 0.05) is 5.39 Å². The van der Waals surface area contributed by atoms with E-state index in [0.717, 1.165) is 0 Å². The summed E-state index contributed by atoms with van der Waals surface area (Å²) < 4.78 is 0. The van der Waals surface area contributed by atoms with E-state index >= 15 is 0 Å². The third-order valence-corrected chi connectivity index (χ3v) is 2.79. The Labute approximate surface area is 95.5 Å². The molecule has 16 heavy (non-hydrogen) atoms. The van der Waals surface area contributed by atoms with E-state index in [0.29, 0.717) is 21.5 Å². The molecule has 0 saturated heterocycles. The molecule has 0 fully saturated rings. The van der Waals surface area contributed by atoms with Crippen molar-refractivity contribution in [2.24, 2.45) is 0 Å². The molecule has 0 atom stereocenters. The van der Waals surface area contributed by atoms with Crippen LogP contribution < -0.4 is 5.56 Å². The lowest BCUT2D eigenvalue weighted by Gasteiger charge is -2.06. The number of carboxylic acids is 1. The summed E-state index contributed by atoms with van der Waals surface area (Å²) in [4.78, 5) is 25.0. The number of fused-ring (bicyclic) bond motifs is 1. The number of aromatic amines is 1. The van der Waals surface area contributed by atoms with Crippen molar-refractivity contribution in [3.05, 3.63) is 44.7 Å². The highest BCUT2D eigenvalue weighted by Crippen LogP contribution is 2.23. The van der Waals surface area contributed by atoms with Crippen LogP contribution in [0.5, 0.6) is 0 Å². The van der Waals surface area contributed by atoms with Gasteiger partial charge in [-0.25, -0.2) is 4.79 Å². The molecule has 2 rings (SSSR count). The van der Waals surface area contributed by atoms with Gasteiger partial charge < -0.3 is 10.1 Å². The Hall–Kier alpha value is -1.81. The summed E-state index contributed by atoms with van der Waals surface area (Å²) >= 11 is 5.92. The number of carbonyl (C=O) groups is 1. The fraction of sp³-hybridized carbons (Fsp3) is 0.0909. The molecule has 4 nitrogen and oxygen atoms in total. The first-order valence-electron chi connectivity index (χ1n) is 4.56. The van der Waals surface area contributed by atoms with Crippen LogP contribution >= 0.6 is 11.6 Å². The molecular weight excluding hydrogens is 230 g/mol. The van der Waals surface area contributed by atoms with Crippen molar-refractivity contribution < 1.29 is 9.90 Å². The topological polar surface area (TPSA) is 70.2 Å². The van der Waals surface area contributed by atoms with Crippen LogP contribution in [0.2, 0.25) is 5.02 Å². The quantitative estimate of drug-likeness (QED) is 0.799. The number of benzene rings is 1. The summed E-state index contributed by atoms with van der Waals surface area (Å²) in [5.41, 5.74) is 0.0192. The van der Waals surface area contributed by atoms with Gasteiger partial charge in [0.2, 0.25) is 0 Å². The average molecular weight is 238 g/mol. The molecule has 82 valence electrons. The highest BCUT2D eigenvalue weighted by Gasteiger charge is 2.16. The second kappa shape index (κ2) is 3.64. The Morgan fingerprint density at radius 2 is 2.12 bits per heavy atom. The van der Waals surface area contributed by atoms with Crippen LogP contribution in [0.15, 0.2) is 23.0 Å². The minimum absolute atomic E-state index is 0.241. The number of aromatic carboxylic acids is 1. The van der Waals surface area contributed by atoms with Crippen molar-refractivity contribution in [2.45, 2.75) is 6.92 Å². The predicted octanol–water partition coefficient (Wildman–Crippen LogP) is 2.19. The van der Waals surface area contributed by atoms with Crippen LogP contribution in [0.1, 0.15) is 15.9 Å². The lowest BCUT2D eigenvalue weighted by atomic mass is 10.1. The van der Waals surface area contributed by atoms with Crippen molar-refractivity contribution in [3.63, 3.8) is 0 Å². The van der Waals surface area contributed by atoms with Gasteiger partial charge in [-0.15, -0.1) is 0 Å². The van der Waals surface area contributed by atoms with Crippen LogP contribution in [0.3, 0.4) is 0 Å². The molecule has 0 saturated carbocycles. The Bertz CT molecular complexity index is 645. The van der Waals surface area contributed by atoms with E-state index in [9.17, 15) is 9.59 Å². The maximum atomic E-state index is 11.6. The molecule has 1 aromatic carbocycles. The van der Waals surface area contributed by atoms with E-state index < -0.39 is 11.5 Å². The molecule has 0 aliphatic rings. The maximum Gasteiger partial charge on any atom is 0.341 e. The third kappa shape index (κ3) is 1.47. The number of halogens is 1. The molecule has 1 heterocycles. The van der Waals surface area contributed by atoms with Gasteiger partial charge in [-0.05, 0) is 18.6 Å². The molecule has 0 radical (unpaired) electrons. The molecule has 0 bridgehead atoms. The minimum Gasteiger partial charge on any atom is -0.477 e. The number of carboxylic acid groups (broad SMARTS) is 1. The lowest BCUT2D eigenvalue weighted by molar-refractivity contribution is 0.0694. The number of nitrogens with one attached hydrogen (secondary N) is 1. The monoisotopic (exact) mass is 237 g/mol. The SMILES string of the molecule is Cc1c(C(=O)O)c(=O)[nH]c2c(Cl)cccc12. The molecule has 1 aromatic heterocycles. The van der Waals surface area contributed by atoms with Gasteiger partial charge in [-0.3, -0.25) is 4.79 Å². The van der Waals surface area contributed by atoms with Gasteiger partial charge in [-0.1, -0.05) is 23.7 Å². The average Bonchev–Trinajstić information content (AvgIpc) is 2.19. The number of rotatable bonds is 1. The highest BCUT2D eigenvalue weighted by molar-refractivity contribution is 6.35. The van der Waals surface area contributed by atoms with Crippen molar-refractivity contribution in [3.8, 4) is 0 Å². The van der Waals surface area contributed by atoms with E-state index in [1.165, 1.54) is 0 Å². The number of hydrogen-bond acceptors (Lipinski definition) is 2. The molecule has 0 aliphatic carbocycles. The smallest absolute Gasteiger partial charge is 0.341 e. The van der Waals surface area contributed by atoms with E-state index in [2.05, 4.69) is 4.98 Å². The summed E-state index contributed by atoms with van der Waals surface area (Å²) in [6, 6.07) is 5.07. The van der Waals surface area contributed by atoms with Crippen LogP contribution in [-0.2, 0) is 0 Å². The number of pyridine rings is 1. The summed E-state index contributed by atoms with van der Waals surface area (Å²) in [6.45, 7) is 1.59. The summed E-state index contributed by atoms with van der Waals surface area (Å²) in [5, 5.41) is 9.96. The summed E-state index contributed by atoms with van der Waals surface area (Å²) in [7, 11) is 0. The van der Waals surface area contributed by atoms with Gasteiger partial charge in [-0.2, -0.15) is 0 Å². The molecule has 5 heteroatoms. The largest absolute Gasteiger partial charge is 0.477 e. The van der Waals surface area contributed by atoms with Gasteiger partial charge in [0.25, 0.3) is 5.56 Å². The second-order valence-electron chi connectivity index (χ2n) is 3.42. The zero-order valence-corrected chi connectivity index (χ0v) is 9.13. The van der Waals surface area contributed by atoms with Crippen molar-refractivity contribution in [1.82, 2.24) is 4.98 Å². The van der Waals surface area contributed by atoms with Crippen LogP contribution in [-0.4, -0.2) is 16.1 Å². The van der Waals surface area contributed by atoms with E-state index in [1.807, 2.05) is 0 Å². The minimum atomic E-state index is -1.24. The summed E-state index contributed by atoms with van der Waals surface area (Å²) in [6.07, 6.45) is 0. The first-order chi connectivity index (χ1) is 7.52. The first-order valence-corrected chi connectivity index (χ1v) is 4.94. The lowest BCUT2D eigenvalue weighted by Crippen LogP contribution is -2.19. The molecule has 0 aliphatic heterocycles. The number of aromatic nitrogens is 1. The fourth-order valence-electron chi connectivity index (χ4n) is 1.70. The Morgan fingerprint density at radius 1 is 1.44 bits per heavy atom. The zero-order chi connectivity index (χ0) is 11.9. The predicted molar refractivity (Wildman–Crippen MR) is 61.3 cm³/mol. The Balaban J connectivity index is 3.01. The molecular formula is C11H8ClNO3. The standard InChI is InChI=1S/C11H8ClNO3/c1-5-6-3-2-4-7(12)9(6)13-10(14)8(5)11(15)16/h2-4H,1H3,(H,13,14)(H,15,16). The molecule has 0 unspecified atom stereocenters. The molecule has 0 spiro atoms.